The molecule has 1 amide bonds. The Labute approximate surface area is 212 Å². The molecule has 5 rings (SSSR count). The average Bonchev–Trinajstić information content (AvgIpc) is 3.37. The van der Waals surface area contributed by atoms with Crippen molar-refractivity contribution in [3.63, 3.8) is 0 Å². The van der Waals surface area contributed by atoms with Crippen LogP contribution in [0, 0.1) is 0 Å². The summed E-state index contributed by atoms with van der Waals surface area (Å²) in [7, 11) is 0. The third-order valence-corrected chi connectivity index (χ3v) is 7.11. The van der Waals surface area contributed by atoms with Gasteiger partial charge >= 0.3 is 5.97 Å². The summed E-state index contributed by atoms with van der Waals surface area (Å²) in [5, 5.41) is 0. The smallest absolute Gasteiger partial charge is 0.323 e. The Balaban J connectivity index is 1.15. The van der Waals surface area contributed by atoms with E-state index < -0.39 is 0 Å². The van der Waals surface area contributed by atoms with E-state index in [0.717, 1.165) is 50.0 Å². The van der Waals surface area contributed by atoms with Gasteiger partial charge in [-0.3, -0.25) is 14.5 Å². The highest BCUT2D eigenvalue weighted by Crippen LogP contribution is 2.33. The van der Waals surface area contributed by atoms with Crippen LogP contribution >= 0.6 is 0 Å². The number of nitrogens with zero attached hydrogens (tertiary/aromatic N) is 2. The Morgan fingerprint density at radius 3 is 2.64 bits per heavy atom. The van der Waals surface area contributed by atoms with Crippen LogP contribution in [-0.4, -0.2) is 66.9 Å². The third-order valence-electron chi connectivity index (χ3n) is 7.11. The second-order valence-electron chi connectivity index (χ2n) is 9.56. The number of likely N-dealkylation sites (tertiary alicyclic amines) is 2. The molecule has 0 N–H and O–H groups in total. The normalized spacial score (nSPS) is 20.2. The Hall–Kier alpha value is -3.26. The second kappa shape index (κ2) is 11.2. The Morgan fingerprint density at radius 2 is 1.81 bits per heavy atom. The van der Waals surface area contributed by atoms with Crippen LogP contribution in [0.1, 0.15) is 54.9 Å². The van der Waals surface area contributed by atoms with E-state index in [-0.39, 0.29) is 30.8 Å². The molecule has 8 nitrogen and oxygen atoms in total. The molecule has 0 aliphatic carbocycles. The maximum Gasteiger partial charge on any atom is 0.323 e. The van der Waals surface area contributed by atoms with Crippen molar-refractivity contribution in [2.75, 3.05) is 33.0 Å². The van der Waals surface area contributed by atoms with E-state index >= 15 is 0 Å². The van der Waals surface area contributed by atoms with E-state index in [1.54, 1.807) is 18.2 Å². The molecule has 0 saturated carbocycles. The summed E-state index contributed by atoms with van der Waals surface area (Å²) in [6, 6.07) is 13.3. The lowest BCUT2D eigenvalue weighted by atomic mass is 10.0. The summed E-state index contributed by atoms with van der Waals surface area (Å²) in [6.07, 6.45) is 4.60. The first-order valence-electron chi connectivity index (χ1n) is 13.0. The molecule has 3 heterocycles. The first kappa shape index (κ1) is 24.4. The summed E-state index contributed by atoms with van der Waals surface area (Å²) in [5.74, 6) is 2.02. The lowest BCUT2D eigenvalue weighted by Gasteiger charge is -2.34. The first-order valence-corrected chi connectivity index (χ1v) is 13.0. The molecule has 2 fully saturated rings. The van der Waals surface area contributed by atoms with Gasteiger partial charge in [-0.15, -0.1) is 0 Å². The van der Waals surface area contributed by atoms with Gasteiger partial charge in [-0.2, -0.15) is 0 Å². The minimum absolute atomic E-state index is 0.00596. The SMILES string of the molecule is CCOC(=O)C1CCCCN1Cc1cccc(OC2CCN(C(=O)c3ccc4c(c3)OCO4)CC2)c1. The Morgan fingerprint density at radius 1 is 0.972 bits per heavy atom. The van der Waals surface area contributed by atoms with E-state index in [2.05, 4.69) is 17.0 Å². The Kier molecular flexibility index (Phi) is 7.60. The number of ether oxygens (including phenoxy) is 4. The molecule has 0 spiro atoms. The fraction of sp³-hybridized carbons (Fsp3) is 0.500. The number of carbonyl (C=O) groups is 2. The van der Waals surface area contributed by atoms with Crippen molar-refractivity contribution in [3.05, 3.63) is 53.6 Å². The number of piperidine rings is 2. The molecule has 2 aromatic carbocycles. The molecule has 1 unspecified atom stereocenters. The van der Waals surface area contributed by atoms with Crippen molar-refractivity contribution in [1.29, 1.82) is 0 Å². The predicted octanol–water partition coefficient (Wildman–Crippen LogP) is 4.02. The van der Waals surface area contributed by atoms with Gasteiger partial charge in [0.1, 0.15) is 17.9 Å². The lowest BCUT2D eigenvalue weighted by molar-refractivity contribution is -0.151. The molecule has 1 atom stereocenters. The van der Waals surface area contributed by atoms with E-state index in [1.165, 1.54) is 0 Å². The van der Waals surface area contributed by atoms with Crippen LogP contribution in [0.15, 0.2) is 42.5 Å². The van der Waals surface area contributed by atoms with Crippen LogP contribution < -0.4 is 14.2 Å². The quantitative estimate of drug-likeness (QED) is 0.538. The summed E-state index contributed by atoms with van der Waals surface area (Å²) in [4.78, 5) is 29.5. The van der Waals surface area contributed by atoms with Gasteiger partial charge in [0.15, 0.2) is 11.5 Å². The Bertz CT molecular complexity index is 1080. The average molecular weight is 495 g/mol. The fourth-order valence-corrected chi connectivity index (χ4v) is 5.22. The van der Waals surface area contributed by atoms with Gasteiger partial charge in [0.05, 0.1) is 6.61 Å². The number of carbonyl (C=O) groups excluding carboxylic acids is 2. The summed E-state index contributed by atoms with van der Waals surface area (Å²) in [6.45, 7) is 5.34. The molecule has 36 heavy (non-hydrogen) atoms. The van der Waals surface area contributed by atoms with Crippen LogP contribution in [0.3, 0.4) is 0 Å². The zero-order valence-corrected chi connectivity index (χ0v) is 20.8. The molecule has 0 aromatic heterocycles. The zero-order valence-electron chi connectivity index (χ0n) is 20.8. The zero-order chi connectivity index (χ0) is 24.9. The molecular formula is C28H34N2O6. The second-order valence-corrected chi connectivity index (χ2v) is 9.56. The largest absolute Gasteiger partial charge is 0.490 e. The summed E-state index contributed by atoms with van der Waals surface area (Å²) < 4.78 is 22.4. The lowest BCUT2D eigenvalue weighted by Crippen LogP contribution is -2.44. The number of hydrogen-bond donors (Lipinski definition) is 0. The van der Waals surface area contributed by atoms with E-state index in [1.807, 2.05) is 24.0 Å². The van der Waals surface area contributed by atoms with Gasteiger partial charge in [-0.05, 0) is 62.2 Å². The van der Waals surface area contributed by atoms with Gasteiger partial charge < -0.3 is 23.8 Å². The minimum atomic E-state index is -0.171. The number of fused-ring (bicyclic) bond motifs is 1. The fourth-order valence-electron chi connectivity index (χ4n) is 5.22. The number of amides is 1. The molecule has 8 heteroatoms. The standard InChI is InChI=1S/C28H34N2O6/c1-2-33-28(32)24-8-3-4-13-30(24)18-20-6-5-7-23(16-20)36-22-11-14-29(15-12-22)27(31)21-9-10-25-26(17-21)35-19-34-25/h5-7,9-10,16-17,22,24H,2-4,8,11-15,18-19H2,1H3. The van der Waals surface area contributed by atoms with Gasteiger partial charge in [-0.1, -0.05) is 18.6 Å². The van der Waals surface area contributed by atoms with Crippen molar-refractivity contribution >= 4 is 11.9 Å². The highest BCUT2D eigenvalue weighted by molar-refractivity contribution is 5.95. The van der Waals surface area contributed by atoms with Gasteiger partial charge in [-0.25, -0.2) is 0 Å². The molecule has 0 radical (unpaired) electrons. The predicted molar refractivity (Wildman–Crippen MR) is 133 cm³/mol. The first-order chi connectivity index (χ1) is 17.6. The number of rotatable bonds is 7. The highest BCUT2D eigenvalue weighted by atomic mass is 16.7. The third kappa shape index (κ3) is 5.59. The molecule has 3 aliphatic rings. The van der Waals surface area contributed by atoms with Crippen molar-refractivity contribution in [1.82, 2.24) is 9.80 Å². The molecular weight excluding hydrogens is 460 g/mol. The number of benzene rings is 2. The molecule has 0 bridgehead atoms. The van der Waals surface area contributed by atoms with Gasteiger partial charge in [0.25, 0.3) is 5.91 Å². The van der Waals surface area contributed by atoms with Gasteiger partial charge in [0.2, 0.25) is 6.79 Å². The highest BCUT2D eigenvalue weighted by Gasteiger charge is 2.30. The van der Waals surface area contributed by atoms with Crippen molar-refractivity contribution in [3.8, 4) is 17.2 Å². The monoisotopic (exact) mass is 494 g/mol. The maximum atomic E-state index is 13.0. The van der Waals surface area contributed by atoms with Gasteiger partial charge in [0, 0.05) is 38.0 Å². The van der Waals surface area contributed by atoms with Crippen LogP contribution in [0.2, 0.25) is 0 Å². The summed E-state index contributed by atoms with van der Waals surface area (Å²) in [5.41, 5.74) is 1.74. The van der Waals surface area contributed by atoms with Crippen molar-refractivity contribution in [2.45, 2.75) is 57.7 Å². The van der Waals surface area contributed by atoms with Crippen molar-refractivity contribution < 1.29 is 28.5 Å². The van der Waals surface area contributed by atoms with Crippen LogP contribution in [-0.2, 0) is 16.1 Å². The van der Waals surface area contributed by atoms with Crippen LogP contribution in [0.5, 0.6) is 17.2 Å². The topological polar surface area (TPSA) is 77.5 Å². The molecule has 3 aliphatic heterocycles. The molecule has 192 valence electrons. The number of hydrogen-bond acceptors (Lipinski definition) is 7. The molecule has 2 saturated heterocycles. The van der Waals surface area contributed by atoms with Crippen LogP contribution in [0.25, 0.3) is 0 Å². The minimum Gasteiger partial charge on any atom is -0.490 e. The van der Waals surface area contributed by atoms with E-state index in [0.29, 0.717) is 43.3 Å². The van der Waals surface area contributed by atoms with Crippen LogP contribution in [0.4, 0.5) is 0 Å². The van der Waals surface area contributed by atoms with E-state index in [9.17, 15) is 9.59 Å². The number of esters is 1. The molecule has 2 aromatic rings. The maximum absolute atomic E-state index is 13.0. The van der Waals surface area contributed by atoms with E-state index in [4.69, 9.17) is 18.9 Å². The summed E-state index contributed by atoms with van der Waals surface area (Å²) >= 11 is 0. The van der Waals surface area contributed by atoms with Crippen molar-refractivity contribution in [2.24, 2.45) is 0 Å².